The van der Waals surface area contributed by atoms with Gasteiger partial charge in [-0.15, -0.1) is 11.3 Å². The van der Waals surface area contributed by atoms with Gasteiger partial charge in [0, 0.05) is 32.0 Å². The summed E-state index contributed by atoms with van der Waals surface area (Å²) in [4.78, 5) is 22.1. The number of aromatic nitrogens is 4. The molecular weight excluding hydrogens is 396 g/mol. The second-order valence-electron chi connectivity index (χ2n) is 7.23. The average Bonchev–Trinajstić information content (AvgIpc) is 3.30. The molecule has 5 rings (SSSR count). The lowest BCUT2D eigenvalue weighted by Gasteiger charge is -2.28. The van der Waals surface area contributed by atoms with Crippen LogP contribution in [-0.4, -0.2) is 40.1 Å². The van der Waals surface area contributed by atoms with Gasteiger partial charge in [0.25, 0.3) is 0 Å². The minimum Gasteiger partial charge on any atom is -0.437 e. The highest BCUT2D eigenvalue weighted by Crippen LogP contribution is 2.32. The Labute approximate surface area is 179 Å². The largest absolute Gasteiger partial charge is 0.437 e. The molecule has 0 N–H and O–H groups in total. The van der Waals surface area contributed by atoms with E-state index in [9.17, 15) is 0 Å². The van der Waals surface area contributed by atoms with E-state index in [1.165, 1.54) is 25.6 Å². The van der Waals surface area contributed by atoms with Crippen molar-refractivity contribution in [3.05, 3.63) is 54.3 Å². The molecular formula is C22H22N6OS. The molecule has 1 aliphatic heterocycles. The van der Waals surface area contributed by atoms with Crippen LogP contribution in [0.25, 0.3) is 10.2 Å². The van der Waals surface area contributed by atoms with E-state index in [0.717, 1.165) is 40.6 Å². The van der Waals surface area contributed by atoms with Gasteiger partial charge in [-0.3, -0.25) is 0 Å². The third-order valence-corrected chi connectivity index (χ3v) is 6.15. The van der Waals surface area contributed by atoms with Crippen LogP contribution >= 0.6 is 11.3 Å². The van der Waals surface area contributed by atoms with E-state index < -0.39 is 0 Å². The van der Waals surface area contributed by atoms with Crippen LogP contribution < -0.4 is 14.5 Å². The van der Waals surface area contributed by atoms with Crippen molar-refractivity contribution in [2.45, 2.75) is 19.3 Å². The standard InChI is InChI=1S/C22H22N6OS/c1-27(22-23-11-9-19(26-22)28-12-3-2-4-13-28)16-5-7-17(8-6-16)29-21-20-18(10-14-30-20)24-15-25-21/h5-11,14-15H,2-4,12-13H2,1H3. The zero-order valence-electron chi connectivity index (χ0n) is 16.7. The fraction of sp³-hybridized carbons (Fsp3) is 0.273. The number of hydrogen-bond donors (Lipinski definition) is 0. The fourth-order valence-corrected chi connectivity index (χ4v) is 4.37. The molecule has 30 heavy (non-hydrogen) atoms. The number of anilines is 3. The Morgan fingerprint density at radius 3 is 2.63 bits per heavy atom. The molecule has 1 saturated heterocycles. The zero-order chi connectivity index (χ0) is 20.3. The van der Waals surface area contributed by atoms with Gasteiger partial charge in [0.1, 0.15) is 22.6 Å². The molecule has 7 nitrogen and oxygen atoms in total. The molecule has 1 fully saturated rings. The van der Waals surface area contributed by atoms with Crippen molar-refractivity contribution in [2.24, 2.45) is 0 Å². The van der Waals surface area contributed by atoms with Crippen molar-refractivity contribution in [3.63, 3.8) is 0 Å². The fourth-order valence-electron chi connectivity index (χ4n) is 3.60. The van der Waals surface area contributed by atoms with E-state index in [2.05, 4.69) is 19.9 Å². The predicted octanol–water partition coefficient (Wildman–Crippen LogP) is 5.03. The van der Waals surface area contributed by atoms with Gasteiger partial charge in [-0.05, 0) is 61.0 Å². The summed E-state index contributed by atoms with van der Waals surface area (Å²) in [7, 11) is 1.98. The van der Waals surface area contributed by atoms with Crippen molar-refractivity contribution < 1.29 is 4.74 Å². The molecule has 0 spiro atoms. The minimum atomic E-state index is 0.577. The Hall–Kier alpha value is -3.26. The highest BCUT2D eigenvalue weighted by Gasteiger charge is 2.15. The maximum atomic E-state index is 5.99. The molecule has 4 aromatic rings. The third-order valence-electron chi connectivity index (χ3n) is 5.26. The summed E-state index contributed by atoms with van der Waals surface area (Å²) in [5.41, 5.74) is 1.88. The minimum absolute atomic E-state index is 0.577. The SMILES string of the molecule is CN(c1ccc(Oc2ncnc3ccsc23)cc1)c1nccc(N2CCCCC2)n1. The van der Waals surface area contributed by atoms with Crippen LogP contribution in [0.4, 0.5) is 17.5 Å². The Balaban J connectivity index is 1.33. The van der Waals surface area contributed by atoms with Crippen LogP contribution in [0.5, 0.6) is 11.6 Å². The van der Waals surface area contributed by atoms with E-state index in [1.54, 1.807) is 11.3 Å². The van der Waals surface area contributed by atoms with Gasteiger partial charge in [0.05, 0.1) is 5.52 Å². The first-order chi connectivity index (χ1) is 14.8. The molecule has 0 bridgehead atoms. The molecule has 0 amide bonds. The van der Waals surface area contributed by atoms with E-state index in [4.69, 9.17) is 9.72 Å². The molecule has 8 heteroatoms. The Morgan fingerprint density at radius 2 is 1.80 bits per heavy atom. The van der Waals surface area contributed by atoms with Gasteiger partial charge in [-0.2, -0.15) is 4.98 Å². The number of fused-ring (bicyclic) bond motifs is 1. The molecule has 4 heterocycles. The van der Waals surface area contributed by atoms with Crippen LogP contribution in [0.15, 0.2) is 54.3 Å². The van der Waals surface area contributed by atoms with Gasteiger partial charge in [0.2, 0.25) is 11.8 Å². The first-order valence-electron chi connectivity index (χ1n) is 10.1. The van der Waals surface area contributed by atoms with Gasteiger partial charge in [-0.25, -0.2) is 15.0 Å². The smallest absolute Gasteiger partial charge is 0.240 e. The summed E-state index contributed by atoms with van der Waals surface area (Å²) in [6, 6.07) is 11.8. The summed E-state index contributed by atoms with van der Waals surface area (Å²) >= 11 is 1.57. The number of nitrogens with zero attached hydrogens (tertiary/aromatic N) is 6. The molecule has 0 unspecified atom stereocenters. The molecule has 0 saturated carbocycles. The highest BCUT2D eigenvalue weighted by molar-refractivity contribution is 7.17. The van der Waals surface area contributed by atoms with Crippen LogP contribution in [0, 0.1) is 0 Å². The quantitative estimate of drug-likeness (QED) is 0.450. The normalized spacial score (nSPS) is 14.1. The Kier molecular flexibility index (Phi) is 5.15. The van der Waals surface area contributed by atoms with Crippen molar-refractivity contribution in [1.82, 2.24) is 19.9 Å². The van der Waals surface area contributed by atoms with Crippen LogP contribution in [0.2, 0.25) is 0 Å². The summed E-state index contributed by atoms with van der Waals surface area (Å²) in [5, 5.41) is 1.99. The van der Waals surface area contributed by atoms with Crippen LogP contribution in [0.3, 0.4) is 0 Å². The molecule has 0 atom stereocenters. The number of rotatable bonds is 5. The molecule has 1 aliphatic rings. The Bertz CT molecular complexity index is 1140. The van der Waals surface area contributed by atoms with E-state index in [0.29, 0.717) is 11.8 Å². The number of ether oxygens (including phenoxy) is 1. The second-order valence-corrected chi connectivity index (χ2v) is 8.15. The first-order valence-corrected chi connectivity index (χ1v) is 10.9. The Morgan fingerprint density at radius 1 is 0.967 bits per heavy atom. The molecule has 0 aliphatic carbocycles. The van der Waals surface area contributed by atoms with Gasteiger partial charge in [0.15, 0.2) is 0 Å². The second kappa shape index (κ2) is 8.23. The van der Waals surface area contributed by atoms with E-state index in [-0.39, 0.29) is 0 Å². The third kappa shape index (κ3) is 3.78. The molecule has 152 valence electrons. The lowest BCUT2D eigenvalue weighted by molar-refractivity contribution is 0.469. The molecule has 1 aromatic carbocycles. The van der Waals surface area contributed by atoms with Crippen LogP contribution in [0.1, 0.15) is 19.3 Å². The van der Waals surface area contributed by atoms with Crippen molar-refractivity contribution in [1.29, 1.82) is 0 Å². The molecule has 0 radical (unpaired) electrons. The zero-order valence-corrected chi connectivity index (χ0v) is 17.5. The summed E-state index contributed by atoms with van der Waals surface area (Å²) < 4.78 is 6.94. The summed E-state index contributed by atoms with van der Waals surface area (Å²) in [6.45, 7) is 2.12. The average molecular weight is 419 g/mol. The lowest BCUT2D eigenvalue weighted by atomic mass is 10.1. The number of benzene rings is 1. The maximum absolute atomic E-state index is 5.99. The monoisotopic (exact) mass is 418 g/mol. The topological polar surface area (TPSA) is 67.3 Å². The van der Waals surface area contributed by atoms with E-state index in [1.807, 2.05) is 59.9 Å². The van der Waals surface area contributed by atoms with Gasteiger partial charge >= 0.3 is 0 Å². The number of piperidine rings is 1. The first kappa shape index (κ1) is 18.7. The van der Waals surface area contributed by atoms with Crippen molar-refractivity contribution in [3.8, 4) is 11.6 Å². The predicted molar refractivity (Wildman–Crippen MR) is 120 cm³/mol. The highest BCUT2D eigenvalue weighted by atomic mass is 32.1. The van der Waals surface area contributed by atoms with Gasteiger partial charge < -0.3 is 14.5 Å². The van der Waals surface area contributed by atoms with Crippen molar-refractivity contribution in [2.75, 3.05) is 29.9 Å². The molecule has 3 aromatic heterocycles. The van der Waals surface area contributed by atoms with Gasteiger partial charge in [-0.1, -0.05) is 0 Å². The number of hydrogen-bond acceptors (Lipinski definition) is 8. The van der Waals surface area contributed by atoms with Crippen LogP contribution in [-0.2, 0) is 0 Å². The number of thiophene rings is 1. The summed E-state index contributed by atoms with van der Waals surface area (Å²) in [5.74, 6) is 2.98. The summed E-state index contributed by atoms with van der Waals surface area (Å²) in [6.07, 6.45) is 7.11. The maximum Gasteiger partial charge on any atom is 0.240 e. The van der Waals surface area contributed by atoms with Crippen molar-refractivity contribution >= 4 is 39.0 Å². The lowest BCUT2D eigenvalue weighted by Crippen LogP contribution is -2.30. The van der Waals surface area contributed by atoms with E-state index >= 15 is 0 Å².